The SMILES string of the molecule is CO[Si](CCCNCC(C)C(=O)O[Si](C)(C)C(C)(C)C)(OC)OC. The van der Waals surface area contributed by atoms with Gasteiger partial charge in [0.25, 0.3) is 14.3 Å². The summed E-state index contributed by atoms with van der Waals surface area (Å²) in [5, 5.41) is 3.34. The highest BCUT2D eigenvalue weighted by Gasteiger charge is 2.41. The van der Waals surface area contributed by atoms with Gasteiger partial charge in [0.15, 0.2) is 0 Å². The summed E-state index contributed by atoms with van der Waals surface area (Å²) in [5.41, 5.74) is 0. The molecule has 0 aliphatic carbocycles. The summed E-state index contributed by atoms with van der Waals surface area (Å²) >= 11 is 0. The zero-order chi connectivity index (χ0) is 19.0. The van der Waals surface area contributed by atoms with Gasteiger partial charge in [-0.15, -0.1) is 0 Å². The van der Waals surface area contributed by atoms with Crippen LogP contribution >= 0.6 is 0 Å². The molecule has 0 bridgehead atoms. The molecule has 1 N–H and O–H groups in total. The Morgan fingerprint density at radius 1 is 1.08 bits per heavy atom. The Hall–Kier alpha value is -0.256. The van der Waals surface area contributed by atoms with Gasteiger partial charge < -0.3 is 23.0 Å². The largest absolute Gasteiger partial charge is 0.519 e. The van der Waals surface area contributed by atoms with Crippen molar-refractivity contribution in [1.82, 2.24) is 5.32 Å². The summed E-state index contributed by atoms with van der Waals surface area (Å²) in [6.07, 6.45) is 0.867. The number of rotatable bonds is 11. The standard InChI is InChI=1S/C16H37NO5Si2/c1-14(15(18)22-23(8,9)16(2,3)4)13-17-11-10-12-24(19-5,20-6)21-7/h14,17H,10-13H2,1-9H3. The highest BCUT2D eigenvalue weighted by atomic mass is 28.4. The summed E-state index contributed by atoms with van der Waals surface area (Å²) in [5.74, 6) is -0.267. The number of nitrogens with one attached hydrogen (secondary N) is 1. The minimum absolute atomic E-state index is 0.0320. The second-order valence-electron chi connectivity index (χ2n) is 7.69. The minimum atomic E-state index is -2.50. The van der Waals surface area contributed by atoms with Crippen LogP contribution < -0.4 is 5.32 Å². The van der Waals surface area contributed by atoms with Gasteiger partial charge in [-0.25, -0.2) is 0 Å². The maximum absolute atomic E-state index is 12.3. The smallest absolute Gasteiger partial charge is 0.500 e. The summed E-state index contributed by atoms with van der Waals surface area (Å²) < 4.78 is 22.0. The van der Waals surface area contributed by atoms with Crippen molar-refractivity contribution < 1.29 is 22.5 Å². The predicted molar refractivity (Wildman–Crippen MR) is 102 cm³/mol. The Morgan fingerprint density at radius 3 is 2.00 bits per heavy atom. The van der Waals surface area contributed by atoms with Crippen molar-refractivity contribution in [2.75, 3.05) is 34.4 Å². The summed E-state index contributed by atoms with van der Waals surface area (Å²) in [6, 6.07) is 0.742. The zero-order valence-corrected chi connectivity index (χ0v) is 18.9. The predicted octanol–water partition coefficient (Wildman–Crippen LogP) is 3.03. The van der Waals surface area contributed by atoms with Gasteiger partial charge in [0.05, 0.1) is 5.92 Å². The molecule has 0 fully saturated rings. The highest BCUT2D eigenvalue weighted by Crippen LogP contribution is 2.36. The summed E-state index contributed by atoms with van der Waals surface area (Å²) in [6.45, 7) is 13.9. The van der Waals surface area contributed by atoms with Gasteiger partial charge in [0.1, 0.15) is 0 Å². The fourth-order valence-electron chi connectivity index (χ4n) is 1.89. The first-order valence-electron chi connectivity index (χ1n) is 8.53. The average molecular weight is 380 g/mol. The van der Waals surface area contributed by atoms with Gasteiger partial charge >= 0.3 is 8.80 Å². The molecule has 0 radical (unpaired) electrons. The molecule has 24 heavy (non-hydrogen) atoms. The topological polar surface area (TPSA) is 66.0 Å². The second-order valence-corrected chi connectivity index (χ2v) is 15.5. The lowest BCUT2D eigenvalue weighted by Crippen LogP contribution is -2.45. The van der Waals surface area contributed by atoms with Crippen LogP contribution in [0.15, 0.2) is 0 Å². The molecule has 0 aromatic rings. The number of carbonyl (C=O) groups excluding carboxylic acids is 1. The number of hydrogen-bond donors (Lipinski definition) is 1. The van der Waals surface area contributed by atoms with Gasteiger partial charge in [-0.05, 0) is 31.1 Å². The van der Waals surface area contributed by atoms with Crippen molar-refractivity contribution >= 4 is 23.1 Å². The molecular formula is C16H37NO5Si2. The quantitative estimate of drug-likeness (QED) is 0.440. The maximum Gasteiger partial charge on any atom is 0.500 e. The monoisotopic (exact) mass is 379 g/mol. The molecule has 0 aromatic carbocycles. The van der Waals surface area contributed by atoms with E-state index in [4.69, 9.17) is 17.7 Å². The lowest BCUT2D eigenvalue weighted by atomic mass is 10.2. The van der Waals surface area contributed by atoms with Gasteiger partial charge in [-0.3, -0.25) is 4.79 Å². The molecule has 0 aliphatic rings. The Bertz CT molecular complexity index is 373. The first-order chi connectivity index (χ1) is 10.9. The molecule has 0 rings (SSSR count). The lowest BCUT2D eigenvalue weighted by Gasteiger charge is -2.36. The number of carbonyl (C=O) groups is 1. The highest BCUT2D eigenvalue weighted by molar-refractivity contribution is 6.75. The van der Waals surface area contributed by atoms with Crippen LogP contribution in [0.4, 0.5) is 0 Å². The van der Waals surface area contributed by atoms with Gasteiger partial charge in [0.2, 0.25) is 0 Å². The van der Waals surface area contributed by atoms with Crippen LogP contribution in [-0.2, 0) is 22.5 Å². The fraction of sp³-hybridized carbons (Fsp3) is 0.938. The van der Waals surface area contributed by atoms with Gasteiger partial charge in [0, 0.05) is 33.9 Å². The van der Waals surface area contributed by atoms with E-state index in [1.54, 1.807) is 21.3 Å². The molecule has 0 saturated carbocycles. The van der Waals surface area contributed by atoms with Crippen LogP contribution in [0.25, 0.3) is 0 Å². The van der Waals surface area contributed by atoms with Crippen molar-refractivity contribution in [2.24, 2.45) is 5.92 Å². The van der Waals surface area contributed by atoms with Crippen molar-refractivity contribution in [3.8, 4) is 0 Å². The summed E-state index contributed by atoms with van der Waals surface area (Å²) in [4.78, 5) is 12.3. The zero-order valence-electron chi connectivity index (χ0n) is 16.9. The normalized spacial score (nSPS) is 14.5. The van der Waals surface area contributed by atoms with Crippen LogP contribution in [0, 0.1) is 5.92 Å². The lowest BCUT2D eigenvalue weighted by molar-refractivity contribution is -0.139. The van der Waals surface area contributed by atoms with E-state index in [-0.39, 0.29) is 16.9 Å². The second kappa shape index (κ2) is 10.0. The molecule has 0 spiro atoms. The third-order valence-corrected chi connectivity index (χ3v) is 11.9. The Kier molecular flexibility index (Phi) is 9.92. The first-order valence-corrected chi connectivity index (χ1v) is 13.4. The van der Waals surface area contributed by atoms with E-state index < -0.39 is 17.1 Å². The van der Waals surface area contributed by atoms with E-state index in [1.165, 1.54) is 0 Å². The van der Waals surface area contributed by atoms with Crippen LogP contribution in [0.5, 0.6) is 0 Å². The molecule has 0 saturated heterocycles. The van der Waals surface area contributed by atoms with E-state index in [0.717, 1.165) is 19.0 Å². The average Bonchev–Trinajstić information content (AvgIpc) is 2.49. The first kappa shape index (κ1) is 23.7. The van der Waals surface area contributed by atoms with Gasteiger partial charge in [-0.2, -0.15) is 0 Å². The number of hydrogen-bond acceptors (Lipinski definition) is 6. The molecule has 0 aliphatic heterocycles. The Balaban J connectivity index is 4.19. The molecule has 1 atom stereocenters. The third kappa shape index (κ3) is 7.32. The van der Waals surface area contributed by atoms with Gasteiger partial charge in [-0.1, -0.05) is 27.7 Å². The van der Waals surface area contributed by atoms with Crippen LogP contribution in [0.1, 0.15) is 34.1 Å². The minimum Gasteiger partial charge on any atom is -0.519 e. The van der Waals surface area contributed by atoms with Crippen molar-refractivity contribution in [2.45, 2.75) is 58.3 Å². The Morgan fingerprint density at radius 2 is 1.58 bits per heavy atom. The third-order valence-electron chi connectivity index (χ3n) is 4.78. The van der Waals surface area contributed by atoms with Crippen molar-refractivity contribution in [3.05, 3.63) is 0 Å². The van der Waals surface area contributed by atoms with E-state index in [2.05, 4.69) is 39.2 Å². The van der Waals surface area contributed by atoms with Crippen LogP contribution in [0.3, 0.4) is 0 Å². The molecular weight excluding hydrogens is 342 g/mol. The van der Waals surface area contributed by atoms with E-state index in [1.807, 2.05) is 6.92 Å². The Labute approximate surface area is 150 Å². The summed E-state index contributed by atoms with van der Waals surface area (Å²) in [7, 11) is 0.309. The van der Waals surface area contributed by atoms with Crippen LogP contribution in [-0.4, -0.2) is 57.5 Å². The van der Waals surface area contributed by atoms with Crippen molar-refractivity contribution in [3.63, 3.8) is 0 Å². The molecule has 8 heteroatoms. The maximum atomic E-state index is 12.3. The van der Waals surface area contributed by atoms with E-state index in [9.17, 15) is 4.79 Å². The van der Waals surface area contributed by atoms with Crippen molar-refractivity contribution in [1.29, 1.82) is 0 Å². The molecule has 144 valence electrons. The molecule has 0 amide bonds. The molecule has 6 nitrogen and oxygen atoms in total. The molecule has 1 unspecified atom stereocenters. The van der Waals surface area contributed by atoms with E-state index >= 15 is 0 Å². The molecule has 0 heterocycles. The molecule has 0 aromatic heterocycles. The fourth-order valence-corrected chi connectivity index (χ4v) is 4.63. The van der Waals surface area contributed by atoms with E-state index in [0.29, 0.717) is 6.54 Å². The van der Waals surface area contributed by atoms with Crippen LogP contribution in [0.2, 0.25) is 24.2 Å².